The Balaban J connectivity index is 2.90. The van der Waals surface area contributed by atoms with Crippen molar-refractivity contribution in [3.8, 4) is 0 Å². The first-order valence-corrected chi connectivity index (χ1v) is 5.05. The molecule has 1 amide bonds. The zero-order chi connectivity index (χ0) is 12.3. The molecule has 1 unspecified atom stereocenters. The van der Waals surface area contributed by atoms with E-state index in [1.807, 2.05) is 13.8 Å². The first kappa shape index (κ1) is 12.4. The second-order valence-corrected chi connectivity index (χ2v) is 4.32. The van der Waals surface area contributed by atoms with E-state index in [1.165, 1.54) is 6.20 Å². The van der Waals surface area contributed by atoms with Gasteiger partial charge in [-0.15, -0.1) is 0 Å². The Bertz CT molecular complexity index is 389. The zero-order valence-corrected chi connectivity index (χ0v) is 9.69. The number of carbonyl (C=O) groups is 1. The van der Waals surface area contributed by atoms with E-state index in [-0.39, 0.29) is 5.69 Å². The van der Waals surface area contributed by atoms with Crippen LogP contribution in [-0.2, 0) is 0 Å². The maximum Gasteiger partial charge on any atom is 0.267 e. The lowest BCUT2D eigenvalue weighted by Crippen LogP contribution is -2.41. The fourth-order valence-corrected chi connectivity index (χ4v) is 1.12. The molecule has 0 bridgehead atoms. The number of hydrogen-bond donors (Lipinski definition) is 3. The predicted octanol–water partition coefficient (Wildman–Crippen LogP) is 0.752. The van der Waals surface area contributed by atoms with Crippen LogP contribution in [0, 0.1) is 0 Å². The largest absolute Gasteiger partial charge is 0.391 e. The molecular formula is C11H17N3O2. The average molecular weight is 223 g/mol. The third kappa shape index (κ3) is 2.93. The van der Waals surface area contributed by atoms with Crippen molar-refractivity contribution in [3.05, 3.63) is 24.0 Å². The van der Waals surface area contributed by atoms with Crippen LogP contribution in [0.25, 0.3) is 0 Å². The molecule has 0 fully saturated rings. The van der Waals surface area contributed by atoms with Gasteiger partial charge in [0.05, 0.1) is 11.6 Å². The van der Waals surface area contributed by atoms with Crippen LogP contribution in [0.3, 0.4) is 0 Å². The molecule has 0 saturated carbocycles. The highest BCUT2D eigenvalue weighted by Crippen LogP contribution is 2.18. The van der Waals surface area contributed by atoms with Crippen molar-refractivity contribution in [1.29, 1.82) is 0 Å². The standard InChI is InChI=1S/C11H17N3O2/c1-7(15)11(2,3)14-8-4-5-13-9(6-8)10(12)16/h4-7,15H,1-3H3,(H2,12,16)(H,13,14). The van der Waals surface area contributed by atoms with Crippen LogP contribution in [0.5, 0.6) is 0 Å². The molecule has 0 aliphatic carbocycles. The van der Waals surface area contributed by atoms with Crippen LogP contribution in [0.2, 0.25) is 0 Å². The fourth-order valence-electron chi connectivity index (χ4n) is 1.12. The van der Waals surface area contributed by atoms with Gasteiger partial charge in [0.1, 0.15) is 5.69 Å². The number of nitrogens with zero attached hydrogens (tertiary/aromatic N) is 1. The molecule has 1 aromatic heterocycles. The molecule has 16 heavy (non-hydrogen) atoms. The summed E-state index contributed by atoms with van der Waals surface area (Å²) in [4.78, 5) is 14.8. The number of hydrogen-bond acceptors (Lipinski definition) is 4. The van der Waals surface area contributed by atoms with Crippen LogP contribution in [0.15, 0.2) is 18.3 Å². The van der Waals surface area contributed by atoms with E-state index in [0.29, 0.717) is 5.69 Å². The highest BCUT2D eigenvalue weighted by molar-refractivity contribution is 5.91. The predicted molar refractivity (Wildman–Crippen MR) is 62.1 cm³/mol. The summed E-state index contributed by atoms with van der Waals surface area (Å²) in [6, 6.07) is 3.28. The van der Waals surface area contributed by atoms with Crippen molar-refractivity contribution in [2.45, 2.75) is 32.4 Å². The van der Waals surface area contributed by atoms with Crippen molar-refractivity contribution in [3.63, 3.8) is 0 Å². The van der Waals surface area contributed by atoms with Crippen LogP contribution in [0.4, 0.5) is 5.69 Å². The minimum atomic E-state index is -0.571. The molecule has 88 valence electrons. The average Bonchev–Trinajstić information content (AvgIpc) is 2.17. The summed E-state index contributed by atoms with van der Waals surface area (Å²) < 4.78 is 0. The molecule has 0 spiro atoms. The van der Waals surface area contributed by atoms with Gasteiger partial charge in [-0.05, 0) is 32.9 Å². The summed E-state index contributed by atoms with van der Waals surface area (Å²) in [5, 5.41) is 12.7. The Morgan fingerprint density at radius 2 is 2.25 bits per heavy atom. The maximum absolute atomic E-state index is 10.9. The number of amides is 1. The number of aromatic nitrogens is 1. The first-order valence-electron chi connectivity index (χ1n) is 5.05. The summed E-state index contributed by atoms with van der Waals surface area (Å²) in [7, 11) is 0. The molecule has 1 aromatic rings. The fraction of sp³-hybridized carbons (Fsp3) is 0.455. The second kappa shape index (κ2) is 4.49. The molecule has 0 aliphatic heterocycles. The second-order valence-electron chi connectivity index (χ2n) is 4.32. The van der Waals surface area contributed by atoms with Crippen molar-refractivity contribution in [1.82, 2.24) is 4.98 Å². The third-order valence-electron chi connectivity index (χ3n) is 2.52. The van der Waals surface area contributed by atoms with Gasteiger partial charge in [-0.3, -0.25) is 9.78 Å². The number of nitrogens with one attached hydrogen (secondary N) is 1. The van der Waals surface area contributed by atoms with Crippen LogP contribution >= 0.6 is 0 Å². The Morgan fingerprint density at radius 3 is 2.75 bits per heavy atom. The summed E-state index contributed by atoms with van der Waals surface area (Å²) in [5.74, 6) is -0.571. The number of pyridine rings is 1. The topological polar surface area (TPSA) is 88.2 Å². The molecule has 0 aliphatic rings. The summed E-state index contributed by atoms with van der Waals surface area (Å²) in [6.07, 6.45) is 0.971. The van der Waals surface area contributed by atoms with Gasteiger partial charge >= 0.3 is 0 Å². The number of anilines is 1. The minimum Gasteiger partial charge on any atom is -0.391 e. The van der Waals surface area contributed by atoms with E-state index in [4.69, 9.17) is 5.73 Å². The number of primary amides is 1. The van der Waals surface area contributed by atoms with Crippen molar-refractivity contribution < 1.29 is 9.90 Å². The number of aliphatic hydroxyl groups excluding tert-OH is 1. The van der Waals surface area contributed by atoms with Crippen molar-refractivity contribution >= 4 is 11.6 Å². The monoisotopic (exact) mass is 223 g/mol. The molecule has 1 rings (SSSR count). The lowest BCUT2D eigenvalue weighted by molar-refractivity contribution is 0.0995. The third-order valence-corrected chi connectivity index (χ3v) is 2.52. The van der Waals surface area contributed by atoms with Crippen molar-refractivity contribution in [2.75, 3.05) is 5.32 Å². The summed E-state index contributed by atoms with van der Waals surface area (Å²) >= 11 is 0. The molecule has 0 radical (unpaired) electrons. The van der Waals surface area contributed by atoms with E-state index in [1.54, 1.807) is 19.1 Å². The maximum atomic E-state index is 10.9. The van der Waals surface area contributed by atoms with E-state index in [0.717, 1.165) is 0 Å². The Hall–Kier alpha value is -1.62. The lowest BCUT2D eigenvalue weighted by Gasteiger charge is -2.30. The number of carbonyl (C=O) groups excluding carboxylic acids is 1. The van der Waals surface area contributed by atoms with Gasteiger partial charge in [-0.2, -0.15) is 0 Å². The van der Waals surface area contributed by atoms with Crippen LogP contribution in [0.1, 0.15) is 31.3 Å². The smallest absolute Gasteiger partial charge is 0.267 e. The first-order chi connectivity index (χ1) is 7.33. The molecule has 1 heterocycles. The SMILES string of the molecule is CC(O)C(C)(C)Nc1ccnc(C(N)=O)c1. The molecule has 5 heteroatoms. The quantitative estimate of drug-likeness (QED) is 0.703. The van der Waals surface area contributed by atoms with E-state index in [9.17, 15) is 9.90 Å². The molecule has 0 saturated heterocycles. The minimum absolute atomic E-state index is 0.200. The molecule has 1 atom stereocenters. The summed E-state index contributed by atoms with van der Waals surface area (Å²) in [5.41, 5.74) is 5.54. The van der Waals surface area contributed by atoms with Gasteiger partial charge in [0.15, 0.2) is 0 Å². The van der Waals surface area contributed by atoms with Crippen LogP contribution in [-0.4, -0.2) is 27.6 Å². The zero-order valence-electron chi connectivity index (χ0n) is 9.69. The number of aliphatic hydroxyl groups is 1. The van der Waals surface area contributed by atoms with Gasteiger partial charge in [0.2, 0.25) is 0 Å². The molecular weight excluding hydrogens is 206 g/mol. The molecule has 5 nitrogen and oxygen atoms in total. The van der Waals surface area contributed by atoms with Gasteiger partial charge in [0.25, 0.3) is 5.91 Å². The summed E-state index contributed by atoms with van der Waals surface area (Å²) in [6.45, 7) is 5.42. The molecule has 4 N–H and O–H groups in total. The van der Waals surface area contributed by atoms with E-state index >= 15 is 0 Å². The van der Waals surface area contributed by atoms with Gasteiger partial charge in [-0.1, -0.05) is 0 Å². The van der Waals surface area contributed by atoms with Gasteiger partial charge < -0.3 is 16.2 Å². The van der Waals surface area contributed by atoms with Crippen molar-refractivity contribution in [2.24, 2.45) is 5.73 Å². The Morgan fingerprint density at radius 1 is 1.62 bits per heavy atom. The Kier molecular flexibility index (Phi) is 3.49. The lowest BCUT2D eigenvalue weighted by atomic mass is 9.98. The van der Waals surface area contributed by atoms with E-state index < -0.39 is 17.6 Å². The normalized spacial score (nSPS) is 13.2. The number of nitrogens with two attached hydrogens (primary N) is 1. The highest BCUT2D eigenvalue weighted by Gasteiger charge is 2.23. The van der Waals surface area contributed by atoms with Gasteiger partial charge in [-0.25, -0.2) is 0 Å². The number of rotatable bonds is 4. The van der Waals surface area contributed by atoms with E-state index in [2.05, 4.69) is 10.3 Å². The molecule has 0 aromatic carbocycles. The van der Waals surface area contributed by atoms with Crippen LogP contribution < -0.4 is 11.1 Å². The Labute approximate surface area is 94.7 Å². The van der Waals surface area contributed by atoms with Gasteiger partial charge in [0, 0.05) is 11.9 Å². The highest BCUT2D eigenvalue weighted by atomic mass is 16.3.